The highest BCUT2D eigenvalue weighted by Crippen LogP contribution is 1.96. The van der Waals surface area contributed by atoms with Crippen LogP contribution in [0, 0.1) is 6.55 Å². The molecule has 0 aliphatic carbocycles. The van der Waals surface area contributed by atoms with Crippen molar-refractivity contribution in [3.8, 4) is 0 Å². The Balaban J connectivity index is 2.45. The Morgan fingerprint density at radius 1 is 1.43 bits per heavy atom. The molecule has 0 saturated carbocycles. The number of rotatable bonds is 4. The maximum absolute atomic E-state index is 3.90. The topological polar surface area (TPSA) is 0 Å². The minimum absolute atomic E-state index is 0.144. The van der Waals surface area contributed by atoms with Gasteiger partial charge in [0, 0.05) is 9.52 Å². The fourth-order valence-corrected chi connectivity index (χ4v) is 1.31. The molecule has 7 heavy (non-hydrogen) atoms. The summed E-state index contributed by atoms with van der Waals surface area (Å²) in [5.74, 6) is 0. The van der Waals surface area contributed by atoms with Gasteiger partial charge in [0.25, 0.3) is 0 Å². The molecule has 1 radical (unpaired) electrons. The van der Waals surface area contributed by atoms with Crippen LogP contribution in [0.5, 0.6) is 0 Å². The largest absolute Gasteiger partial charge is 0.0656 e. The summed E-state index contributed by atoms with van der Waals surface area (Å²) in [5.41, 5.74) is 0. The van der Waals surface area contributed by atoms with E-state index < -0.39 is 0 Å². The molecule has 0 aromatic heterocycles. The minimum atomic E-state index is 0.144. The molecule has 1 heteroatoms. The third-order valence-electron chi connectivity index (χ3n) is 1.10. The molecular formula is C6H15Si. The van der Waals surface area contributed by atoms with Crippen LogP contribution in [-0.4, -0.2) is 9.52 Å². The maximum atomic E-state index is 3.90. The Morgan fingerprint density at radius 2 is 2.14 bits per heavy atom. The summed E-state index contributed by atoms with van der Waals surface area (Å²) in [6, 6.07) is 1.45. The molecule has 0 nitrogen and oxygen atoms in total. The lowest BCUT2D eigenvalue weighted by Crippen LogP contribution is -1.80. The summed E-state index contributed by atoms with van der Waals surface area (Å²) in [4.78, 5) is 0. The van der Waals surface area contributed by atoms with Crippen LogP contribution >= 0.6 is 0 Å². The molecule has 0 aliphatic heterocycles. The fraction of sp³-hybridized carbons (Fsp3) is 0.833. The van der Waals surface area contributed by atoms with Gasteiger partial charge in [-0.2, -0.15) is 0 Å². The molecule has 0 fully saturated rings. The molecule has 0 saturated heterocycles. The van der Waals surface area contributed by atoms with Crippen LogP contribution in [0.1, 0.15) is 26.2 Å². The van der Waals surface area contributed by atoms with Crippen LogP contribution in [0.2, 0.25) is 6.04 Å². The molecule has 0 atom stereocenters. The average molecular weight is 115 g/mol. The first kappa shape index (κ1) is 7.22. The monoisotopic (exact) mass is 115 g/mol. The van der Waals surface area contributed by atoms with Gasteiger partial charge in [-0.15, -0.1) is 0 Å². The zero-order valence-electron chi connectivity index (χ0n) is 5.24. The van der Waals surface area contributed by atoms with Gasteiger partial charge in [-0.05, 0) is 0 Å². The highest BCUT2D eigenvalue weighted by Gasteiger charge is 1.80. The first-order valence-electron chi connectivity index (χ1n) is 3.21. The van der Waals surface area contributed by atoms with Crippen molar-refractivity contribution >= 4 is 9.52 Å². The first-order valence-corrected chi connectivity index (χ1v) is 5.21. The van der Waals surface area contributed by atoms with Crippen molar-refractivity contribution in [2.75, 3.05) is 0 Å². The van der Waals surface area contributed by atoms with Gasteiger partial charge in [-0.3, -0.25) is 0 Å². The van der Waals surface area contributed by atoms with Crippen LogP contribution in [0.3, 0.4) is 0 Å². The summed E-state index contributed by atoms with van der Waals surface area (Å²) < 4.78 is 0. The van der Waals surface area contributed by atoms with E-state index in [9.17, 15) is 0 Å². The van der Waals surface area contributed by atoms with Crippen LogP contribution in [0.4, 0.5) is 0 Å². The van der Waals surface area contributed by atoms with E-state index in [4.69, 9.17) is 0 Å². The Morgan fingerprint density at radius 3 is 2.57 bits per heavy atom. The standard InChI is InChI=1S/C6H15Si/c1-3-4-5-6-7-2/h2-7H2,1H3. The van der Waals surface area contributed by atoms with Gasteiger partial charge in [0.15, 0.2) is 0 Å². The molecule has 0 aliphatic rings. The summed E-state index contributed by atoms with van der Waals surface area (Å²) in [7, 11) is 0.144. The highest BCUT2D eigenvalue weighted by molar-refractivity contribution is 6.37. The average Bonchev–Trinajstić information content (AvgIpc) is 1.69. The molecule has 0 amide bonds. The van der Waals surface area contributed by atoms with E-state index in [0.717, 1.165) is 0 Å². The second kappa shape index (κ2) is 6.22. The minimum Gasteiger partial charge on any atom is -0.0656 e. The molecular weight excluding hydrogens is 100 g/mol. The van der Waals surface area contributed by atoms with E-state index in [2.05, 4.69) is 13.5 Å². The molecule has 0 spiro atoms. The van der Waals surface area contributed by atoms with Crippen molar-refractivity contribution in [3.63, 3.8) is 0 Å². The van der Waals surface area contributed by atoms with Crippen molar-refractivity contribution in [1.29, 1.82) is 0 Å². The van der Waals surface area contributed by atoms with Gasteiger partial charge in [-0.25, -0.2) is 0 Å². The lowest BCUT2D eigenvalue weighted by Gasteiger charge is -1.90. The van der Waals surface area contributed by atoms with Gasteiger partial charge >= 0.3 is 0 Å². The predicted molar refractivity (Wildman–Crippen MR) is 38.2 cm³/mol. The number of hydrogen-bond donors (Lipinski definition) is 0. The number of unbranched alkanes of at least 4 members (excludes halogenated alkanes) is 2. The van der Waals surface area contributed by atoms with E-state index >= 15 is 0 Å². The molecule has 0 heterocycles. The van der Waals surface area contributed by atoms with E-state index in [1.807, 2.05) is 0 Å². The van der Waals surface area contributed by atoms with E-state index in [1.54, 1.807) is 0 Å². The second-order valence-electron chi connectivity index (χ2n) is 1.91. The van der Waals surface area contributed by atoms with Crippen molar-refractivity contribution in [3.05, 3.63) is 6.55 Å². The molecule has 43 valence electrons. The molecule has 0 rings (SSSR count). The van der Waals surface area contributed by atoms with Crippen LogP contribution < -0.4 is 0 Å². The molecule has 0 bridgehead atoms. The first-order chi connectivity index (χ1) is 3.41. The molecule has 0 aromatic carbocycles. The second-order valence-corrected chi connectivity index (χ2v) is 3.33. The van der Waals surface area contributed by atoms with Gasteiger partial charge in [0.1, 0.15) is 0 Å². The summed E-state index contributed by atoms with van der Waals surface area (Å²) in [6.45, 7) is 6.14. The summed E-state index contributed by atoms with van der Waals surface area (Å²) >= 11 is 0. The van der Waals surface area contributed by atoms with Crippen LogP contribution in [-0.2, 0) is 0 Å². The molecule has 0 aromatic rings. The zero-order chi connectivity index (χ0) is 5.54. The predicted octanol–water partition coefficient (Wildman–Crippen LogP) is 1.56. The quantitative estimate of drug-likeness (QED) is 0.385. The van der Waals surface area contributed by atoms with Gasteiger partial charge in [0.05, 0.1) is 0 Å². The van der Waals surface area contributed by atoms with E-state index in [1.165, 1.54) is 25.3 Å². The highest BCUT2D eigenvalue weighted by atomic mass is 28.2. The lowest BCUT2D eigenvalue weighted by molar-refractivity contribution is 0.769. The van der Waals surface area contributed by atoms with Crippen molar-refractivity contribution < 1.29 is 0 Å². The summed E-state index contributed by atoms with van der Waals surface area (Å²) in [5, 5.41) is 0. The lowest BCUT2D eigenvalue weighted by atomic mass is 10.3. The van der Waals surface area contributed by atoms with E-state index in [0.29, 0.717) is 0 Å². The van der Waals surface area contributed by atoms with Crippen molar-refractivity contribution in [1.82, 2.24) is 0 Å². The Hall–Kier alpha value is 0.217. The Labute approximate surface area is 49.1 Å². The fourth-order valence-electron chi connectivity index (χ4n) is 0.604. The van der Waals surface area contributed by atoms with Gasteiger partial charge in [-0.1, -0.05) is 38.8 Å². The molecule has 0 unspecified atom stereocenters. The van der Waals surface area contributed by atoms with Crippen LogP contribution in [0.25, 0.3) is 0 Å². The molecule has 0 N–H and O–H groups in total. The SMILES string of the molecule is [CH2][SiH2]CCCCC. The van der Waals surface area contributed by atoms with Gasteiger partial charge < -0.3 is 0 Å². The van der Waals surface area contributed by atoms with Crippen molar-refractivity contribution in [2.45, 2.75) is 32.2 Å². The van der Waals surface area contributed by atoms with Crippen LogP contribution in [0.15, 0.2) is 0 Å². The van der Waals surface area contributed by atoms with Crippen molar-refractivity contribution in [2.24, 2.45) is 0 Å². The third kappa shape index (κ3) is 6.22. The third-order valence-corrected chi connectivity index (χ3v) is 2.10. The summed E-state index contributed by atoms with van der Waals surface area (Å²) in [6.07, 6.45) is 4.21. The Bertz CT molecular complexity index is 23.4. The zero-order valence-corrected chi connectivity index (χ0v) is 6.66. The Kier molecular flexibility index (Phi) is 6.41. The smallest absolute Gasteiger partial charge is 0.0194 e. The maximum Gasteiger partial charge on any atom is 0.0194 e. The van der Waals surface area contributed by atoms with Gasteiger partial charge in [0.2, 0.25) is 0 Å². The number of hydrogen-bond acceptors (Lipinski definition) is 0. The normalized spacial score (nSPS) is 11.1. The van der Waals surface area contributed by atoms with E-state index in [-0.39, 0.29) is 9.52 Å².